The molecule has 1 aromatic heterocycles. The smallest absolute Gasteiger partial charge is 0.344 e. The zero-order valence-corrected chi connectivity index (χ0v) is 15.8. The minimum atomic E-state index is -0.415. The van der Waals surface area contributed by atoms with Gasteiger partial charge in [0.1, 0.15) is 11.5 Å². The van der Waals surface area contributed by atoms with E-state index in [4.69, 9.17) is 4.42 Å². The molecule has 4 heteroatoms. The Morgan fingerprint density at radius 1 is 1.04 bits per heavy atom. The summed E-state index contributed by atoms with van der Waals surface area (Å²) in [5, 5.41) is 11.0. The molecule has 2 saturated carbocycles. The number of hydrogen-bond donors (Lipinski definition) is 1. The molecule has 0 bridgehead atoms. The first-order chi connectivity index (χ1) is 12.7. The summed E-state index contributed by atoms with van der Waals surface area (Å²) >= 11 is 1.81. The topological polar surface area (TPSA) is 50.4 Å². The average molecular weight is 371 g/mol. The fourth-order valence-corrected chi connectivity index (χ4v) is 5.92. The molecule has 0 saturated heterocycles. The molecule has 0 amide bonds. The summed E-state index contributed by atoms with van der Waals surface area (Å²) in [6.45, 7) is 0. The van der Waals surface area contributed by atoms with Gasteiger partial charge in [-0.2, -0.15) is 11.8 Å². The summed E-state index contributed by atoms with van der Waals surface area (Å²) < 4.78 is 5.46. The maximum absolute atomic E-state index is 12.4. The first kappa shape index (κ1) is 17.7. The van der Waals surface area contributed by atoms with Crippen LogP contribution in [0.25, 0.3) is 11.3 Å². The van der Waals surface area contributed by atoms with Gasteiger partial charge in [-0.25, -0.2) is 4.79 Å². The molecule has 0 radical (unpaired) electrons. The van der Waals surface area contributed by atoms with Crippen molar-refractivity contribution in [3.05, 3.63) is 52.4 Å². The van der Waals surface area contributed by atoms with Crippen LogP contribution in [0.5, 0.6) is 5.75 Å². The summed E-state index contributed by atoms with van der Waals surface area (Å²) in [6, 6.07) is 11.0. The van der Waals surface area contributed by atoms with E-state index in [2.05, 4.69) is 0 Å². The predicted molar refractivity (Wildman–Crippen MR) is 106 cm³/mol. The first-order valence-electron chi connectivity index (χ1n) is 9.73. The van der Waals surface area contributed by atoms with Gasteiger partial charge in [0, 0.05) is 22.6 Å². The van der Waals surface area contributed by atoms with Crippen LogP contribution >= 0.6 is 11.8 Å². The van der Waals surface area contributed by atoms with Crippen LogP contribution in [0.1, 0.15) is 50.5 Å². The van der Waals surface area contributed by atoms with E-state index in [0.717, 1.165) is 17.4 Å². The molecule has 0 spiro atoms. The second kappa shape index (κ2) is 7.91. The fraction of sp³-hybridized carbons (Fsp3) is 0.500. The second-order valence-electron chi connectivity index (χ2n) is 7.68. The van der Waals surface area contributed by atoms with Crippen molar-refractivity contribution in [2.24, 2.45) is 11.8 Å². The molecular formula is C22H26O3S. The van der Waals surface area contributed by atoms with Crippen molar-refractivity contribution in [3.8, 4) is 17.1 Å². The molecule has 2 atom stereocenters. The normalized spacial score (nSPS) is 23.5. The van der Waals surface area contributed by atoms with E-state index in [9.17, 15) is 9.90 Å². The van der Waals surface area contributed by atoms with E-state index in [1.54, 1.807) is 6.07 Å². The number of thioether (sulfide) groups is 1. The lowest BCUT2D eigenvalue weighted by Crippen LogP contribution is -2.10. The van der Waals surface area contributed by atoms with Crippen molar-refractivity contribution in [1.29, 1.82) is 0 Å². The molecule has 1 aromatic carbocycles. The largest absolute Gasteiger partial charge is 0.507 e. The third kappa shape index (κ3) is 3.85. The molecule has 4 rings (SSSR count). The third-order valence-electron chi connectivity index (χ3n) is 6.04. The zero-order valence-electron chi connectivity index (χ0n) is 15.0. The van der Waals surface area contributed by atoms with E-state index in [1.165, 1.54) is 44.9 Å². The van der Waals surface area contributed by atoms with E-state index >= 15 is 0 Å². The minimum absolute atomic E-state index is 0.0537. The molecule has 2 fully saturated rings. The van der Waals surface area contributed by atoms with E-state index in [-0.39, 0.29) is 5.75 Å². The van der Waals surface area contributed by atoms with Crippen LogP contribution in [0, 0.1) is 11.8 Å². The van der Waals surface area contributed by atoms with Crippen LogP contribution in [0.15, 0.2) is 45.6 Å². The summed E-state index contributed by atoms with van der Waals surface area (Å²) in [4.78, 5) is 12.4. The lowest BCUT2D eigenvalue weighted by Gasteiger charge is -2.17. The maximum Gasteiger partial charge on any atom is 0.344 e. The summed E-state index contributed by atoms with van der Waals surface area (Å²) in [7, 11) is 0. The molecule has 1 N–H and O–H groups in total. The lowest BCUT2D eigenvalue weighted by atomic mass is 9.90. The minimum Gasteiger partial charge on any atom is -0.507 e. The lowest BCUT2D eigenvalue weighted by molar-refractivity contribution is 0.348. The van der Waals surface area contributed by atoms with Gasteiger partial charge >= 0.3 is 5.63 Å². The highest BCUT2D eigenvalue weighted by Crippen LogP contribution is 2.44. The maximum atomic E-state index is 12.4. The Labute approximate surface area is 158 Å². The first-order valence-corrected chi connectivity index (χ1v) is 10.8. The van der Waals surface area contributed by atoms with Crippen molar-refractivity contribution in [1.82, 2.24) is 0 Å². The summed E-state index contributed by atoms with van der Waals surface area (Å²) in [5.74, 6) is 2.82. The summed E-state index contributed by atoms with van der Waals surface area (Å²) in [6.07, 6.45) is 9.46. The van der Waals surface area contributed by atoms with Gasteiger partial charge in [-0.1, -0.05) is 56.0 Å². The average Bonchev–Trinajstić information content (AvgIpc) is 3.33. The highest BCUT2D eigenvalue weighted by atomic mass is 32.2. The van der Waals surface area contributed by atoms with Crippen LogP contribution in [0.4, 0.5) is 0 Å². The Hall–Kier alpha value is -1.68. The van der Waals surface area contributed by atoms with E-state index in [0.29, 0.717) is 22.3 Å². The SMILES string of the molecule is O=c1oc(-c2ccccc2)cc(O)c1CSC1CCC(C2CCCC2)C1. The van der Waals surface area contributed by atoms with Gasteiger partial charge in [-0.05, 0) is 31.1 Å². The van der Waals surface area contributed by atoms with Crippen molar-refractivity contribution in [2.45, 2.75) is 55.9 Å². The van der Waals surface area contributed by atoms with E-state index < -0.39 is 5.63 Å². The molecule has 2 aliphatic carbocycles. The van der Waals surface area contributed by atoms with Crippen LogP contribution in [0.2, 0.25) is 0 Å². The van der Waals surface area contributed by atoms with Gasteiger partial charge in [0.2, 0.25) is 0 Å². The van der Waals surface area contributed by atoms with Crippen LogP contribution in [-0.2, 0) is 5.75 Å². The number of benzene rings is 1. The Morgan fingerprint density at radius 2 is 1.81 bits per heavy atom. The number of hydrogen-bond acceptors (Lipinski definition) is 4. The highest BCUT2D eigenvalue weighted by Gasteiger charge is 2.32. The van der Waals surface area contributed by atoms with E-state index in [1.807, 2.05) is 42.1 Å². The van der Waals surface area contributed by atoms with Crippen molar-refractivity contribution >= 4 is 11.8 Å². The van der Waals surface area contributed by atoms with Crippen molar-refractivity contribution in [2.75, 3.05) is 0 Å². The Balaban J connectivity index is 1.40. The Bertz CT molecular complexity index is 793. The second-order valence-corrected chi connectivity index (χ2v) is 8.97. The van der Waals surface area contributed by atoms with Gasteiger partial charge in [-0.15, -0.1) is 0 Å². The molecule has 26 heavy (non-hydrogen) atoms. The standard InChI is InChI=1S/C22H26O3S/c23-20-13-21(16-8-2-1-3-9-16)25-22(24)19(20)14-26-18-11-10-17(12-18)15-6-4-5-7-15/h1-3,8-9,13,15,17-18,23H,4-7,10-12,14H2. The molecule has 1 heterocycles. The van der Waals surface area contributed by atoms with Gasteiger partial charge in [-0.3, -0.25) is 0 Å². The van der Waals surface area contributed by atoms with Crippen LogP contribution < -0.4 is 5.63 Å². The molecular weight excluding hydrogens is 344 g/mol. The Kier molecular flexibility index (Phi) is 5.39. The third-order valence-corrected chi connectivity index (χ3v) is 7.39. The molecule has 2 aliphatic rings. The molecule has 3 nitrogen and oxygen atoms in total. The van der Waals surface area contributed by atoms with Crippen molar-refractivity contribution in [3.63, 3.8) is 0 Å². The van der Waals surface area contributed by atoms with Gasteiger partial charge in [0.05, 0.1) is 5.56 Å². The summed E-state index contributed by atoms with van der Waals surface area (Å²) in [5.41, 5.74) is 0.787. The number of rotatable bonds is 5. The van der Waals surface area contributed by atoms with Crippen LogP contribution in [-0.4, -0.2) is 10.4 Å². The van der Waals surface area contributed by atoms with Gasteiger partial charge < -0.3 is 9.52 Å². The number of aromatic hydroxyl groups is 1. The monoisotopic (exact) mass is 370 g/mol. The molecule has 0 aliphatic heterocycles. The van der Waals surface area contributed by atoms with Crippen LogP contribution in [0.3, 0.4) is 0 Å². The zero-order chi connectivity index (χ0) is 17.9. The van der Waals surface area contributed by atoms with Gasteiger partial charge in [0.25, 0.3) is 0 Å². The fourth-order valence-electron chi connectivity index (χ4n) is 4.57. The predicted octanol–water partition coefficient (Wildman–Crippen LogP) is 5.60. The molecule has 138 valence electrons. The van der Waals surface area contributed by atoms with Gasteiger partial charge in [0.15, 0.2) is 0 Å². The Morgan fingerprint density at radius 3 is 2.54 bits per heavy atom. The molecule has 2 aromatic rings. The molecule has 2 unspecified atom stereocenters. The van der Waals surface area contributed by atoms with Crippen molar-refractivity contribution < 1.29 is 9.52 Å². The quantitative estimate of drug-likeness (QED) is 0.744. The highest BCUT2D eigenvalue weighted by molar-refractivity contribution is 7.99.